The Morgan fingerprint density at radius 2 is 0.936 bits per heavy atom. The molecule has 0 aliphatic rings. The van der Waals surface area contributed by atoms with Crippen LogP contribution in [0.2, 0.25) is 13.1 Å². The summed E-state index contributed by atoms with van der Waals surface area (Å²) >= 11 is 0. The maximum absolute atomic E-state index is 11.6. The predicted octanol–water partition coefficient (Wildman–Crippen LogP) is 1.36. The molecule has 0 aromatic rings. The number of carbonyl (C=O) groups excluding carboxylic acids is 6. The van der Waals surface area contributed by atoms with Gasteiger partial charge in [-0.1, -0.05) is 13.2 Å². The summed E-state index contributed by atoms with van der Waals surface area (Å²) < 4.78 is 45.6. The average molecular weight is 695 g/mol. The molecule has 0 aromatic heterocycles. The van der Waals surface area contributed by atoms with Gasteiger partial charge in [-0.3, -0.25) is 14.4 Å². The summed E-state index contributed by atoms with van der Waals surface area (Å²) in [5, 5.41) is 8.74. The number of hydrogen-bond donors (Lipinski definition) is 1. The summed E-state index contributed by atoms with van der Waals surface area (Å²) in [5.41, 5.74) is 0.551. The van der Waals surface area contributed by atoms with E-state index in [1.54, 1.807) is 0 Å². The van der Waals surface area contributed by atoms with E-state index >= 15 is 0 Å². The fraction of sp³-hybridized carbons (Fsp3) is 0.667. The molecule has 0 saturated heterocycles. The first-order valence-electron chi connectivity index (χ1n) is 14.9. The highest BCUT2D eigenvalue weighted by molar-refractivity contribution is 6.64. The molecule has 17 heteroatoms. The van der Waals surface area contributed by atoms with Gasteiger partial charge in [0.15, 0.2) is 0 Å². The number of aliphatic hydroxyl groups is 1. The van der Waals surface area contributed by atoms with E-state index in [1.165, 1.54) is 13.8 Å². The summed E-state index contributed by atoms with van der Waals surface area (Å²) in [5.74, 6) is -2.68. The minimum absolute atomic E-state index is 0.00147. The van der Waals surface area contributed by atoms with Crippen LogP contribution in [-0.2, 0) is 70.8 Å². The van der Waals surface area contributed by atoms with Gasteiger partial charge < -0.3 is 51.9 Å². The van der Waals surface area contributed by atoms with Crippen LogP contribution in [0.4, 0.5) is 0 Å². The van der Waals surface area contributed by atoms with Crippen molar-refractivity contribution in [3.8, 4) is 0 Å². The fourth-order valence-electron chi connectivity index (χ4n) is 2.64. The largest absolute Gasteiger partial charge is 0.463 e. The third-order valence-corrected chi connectivity index (χ3v) is 6.74. The lowest BCUT2D eigenvalue weighted by Gasteiger charge is -2.22. The van der Waals surface area contributed by atoms with E-state index < -0.39 is 38.4 Å². The van der Waals surface area contributed by atoms with Gasteiger partial charge in [-0.2, -0.15) is 0 Å². The Morgan fingerprint density at radius 1 is 0.574 bits per heavy atom. The van der Waals surface area contributed by atoms with Crippen molar-refractivity contribution >= 4 is 44.7 Å². The molecule has 0 saturated carbocycles. The van der Waals surface area contributed by atoms with E-state index in [9.17, 15) is 28.8 Å². The lowest BCUT2D eigenvalue weighted by molar-refractivity contribution is -0.153. The van der Waals surface area contributed by atoms with E-state index in [0.717, 1.165) is 0 Å². The van der Waals surface area contributed by atoms with Gasteiger partial charge >= 0.3 is 38.4 Å². The van der Waals surface area contributed by atoms with Crippen LogP contribution in [0, 0.1) is 0 Å². The van der Waals surface area contributed by atoms with Gasteiger partial charge in [-0.05, 0) is 26.9 Å². The second kappa shape index (κ2) is 29.9. The first-order chi connectivity index (χ1) is 22.3. The Morgan fingerprint density at radius 3 is 1.36 bits per heavy atom. The van der Waals surface area contributed by atoms with Gasteiger partial charge in [0.05, 0.1) is 65.5 Å². The van der Waals surface area contributed by atoms with Crippen LogP contribution in [-0.4, -0.2) is 129 Å². The van der Waals surface area contributed by atoms with Crippen LogP contribution in [0.15, 0.2) is 24.3 Å². The molecule has 270 valence electrons. The normalized spacial score (nSPS) is 10.5. The fourth-order valence-corrected chi connectivity index (χ4v) is 3.88. The lowest BCUT2D eigenvalue weighted by Crippen LogP contribution is -2.37. The maximum atomic E-state index is 11.6. The first kappa shape index (κ1) is 45.6. The Labute approximate surface area is 276 Å². The molecule has 0 spiro atoms. The second-order valence-electron chi connectivity index (χ2n) is 9.74. The zero-order valence-corrected chi connectivity index (χ0v) is 28.9. The number of aliphatic hydroxyl groups excluding tert-OH is 1. The van der Waals surface area contributed by atoms with Crippen LogP contribution < -0.4 is 0 Å². The van der Waals surface area contributed by atoms with E-state index in [1.807, 2.05) is 13.1 Å². The summed E-state index contributed by atoms with van der Waals surface area (Å²) in [6.45, 7) is 15.4. The van der Waals surface area contributed by atoms with Crippen LogP contribution in [0.25, 0.3) is 0 Å². The molecular formula is C30H50O16Si. The van der Waals surface area contributed by atoms with Gasteiger partial charge in [-0.15, -0.1) is 0 Å². The third-order valence-electron chi connectivity index (χ3n) is 4.94. The molecule has 47 heavy (non-hydrogen) atoms. The van der Waals surface area contributed by atoms with E-state index in [0.29, 0.717) is 38.3 Å². The average Bonchev–Trinajstić information content (AvgIpc) is 3.02. The molecule has 0 rings (SSSR count). The SMILES string of the molecule is C=C(C)C(=O)OCCOC(=O)CCC(=O)OCCOCCOCCO[Si](C)(C)OCCO.C=C(C)C(=O)OCCOC(=O)CCC=O. The zero-order chi connectivity index (χ0) is 35.9. The monoisotopic (exact) mass is 694 g/mol. The second-order valence-corrected chi connectivity index (χ2v) is 13.1. The third kappa shape index (κ3) is 32.3. The molecule has 0 radical (unpaired) electrons. The molecule has 0 bridgehead atoms. The van der Waals surface area contributed by atoms with Crippen molar-refractivity contribution in [1.29, 1.82) is 0 Å². The Bertz CT molecular complexity index is 966. The highest BCUT2D eigenvalue weighted by Crippen LogP contribution is 2.05. The summed E-state index contributed by atoms with van der Waals surface area (Å²) in [7, 11) is -2.22. The number of hydrogen-bond acceptors (Lipinski definition) is 16. The zero-order valence-electron chi connectivity index (χ0n) is 27.9. The minimum Gasteiger partial charge on any atom is -0.463 e. The van der Waals surface area contributed by atoms with E-state index in [4.69, 9.17) is 37.6 Å². The smallest absolute Gasteiger partial charge is 0.333 e. The molecule has 1 N–H and O–H groups in total. The molecule has 0 atom stereocenters. The number of carbonyl (C=O) groups is 6. The van der Waals surface area contributed by atoms with Gasteiger partial charge in [-0.25, -0.2) is 9.59 Å². The van der Waals surface area contributed by atoms with Crippen LogP contribution >= 0.6 is 0 Å². The maximum Gasteiger partial charge on any atom is 0.333 e. The first-order valence-corrected chi connectivity index (χ1v) is 17.7. The van der Waals surface area contributed by atoms with Crippen molar-refractivity contribution < 1.29 is 75.9 Å². The highest BCUT2D eigenvalue weighted by Gasteiger charge is 2.23. The molecular weight excluding hydrogens is 644 g/mol. The van der Waals surface area contributed by atoms with Gasteiger partial charge in [0.25, 0.3) is 0 Å². The highest BCUT2D eigenvalue weighted by atomic mass is 28.4. The van der Waals surface area contributed by atoms with E-state index in [2.05, 4.69) is 22.6 Å². The minimum atomic E-state index is -2.22. The summed E-state index contributed by atoms with van der Waals surface area (Å²) in [4.78, 5) is 65.8. The van der Waals surface area contributed by atoms with Gasteiger partial charge in [0, 0.05) is 17.6 Å². The van der Waals surface area contributed by atoms with Crippen LogP contribution in [0.3, 0.4) is 0 Å². The Kier molecular flexibility index (Phi) is 29.0. The predicted molar refractivity (Wildman–Crippen MR) is 167 cm³/mol. The molecule has 0 amide bonds. The Hall–Kier alpha value is -3.48. The van der Waals surface area contributed by atoms with Gasteiger partial charge in [0.2, 0.25) is 0 Å². The van der Waals surface area contributed by atoms with Gasteiger partial charge in [0.1, 0.15) is 39.3 Å². The summed E-state index contributed by atoms with van der Waals surface area (Å²) in [6, 6.07) is 0. The van der Waals surface area contributed by atoms with Crippen LogP contribution in [0.1, 0.15) is 39.5 Å². The summed E-state index contributed by atoms with van der Waals surface area (Å²) in [6.07, 6.45) is 0.592. The molecule has 0 heterocycles. The quantitative estimate of drug-likeness (QED) is 0.0322. The number of ether oxygens (including phenoxy) is 7. The molecule has 16 nitrogen and oxygen atoms in total. The number of aldehydes is 1. The van der Waals surface area contributed by atoms with Crippen molar-refractivity contribution in [2.24, 2.45) is 0 Å². The lowest BCUT2D eigenvalue weighted by atomic mass is 10.3. The number of esters is 5. The van der Waals surface area contributed by atoms with Crippen molar-refractivity contribution in [3.63, 3.8) is 0 Å². The van der Waals surface area contributed by atoms with Crippen LogP contribution in [0.5, 0.6) is 0 Å². The molecule has 0 unspecified atom stereocenters. The molecule has 0 aliphatic heterocycles. The van der Waals surface area contributed by atoms with Crippen molar-refractivity contribution in [3.05, 3.63) is 24.3 Å². The van der Waals surface area contributed by atoms with E-state index in [-0.39, 0.29) is 84.1 Å². The van der Waals surface area contributed by atoms with Crippen molar-refractivity contribution in [2.75, 3.05) is 79.3 Å². The topological polar surface area (TPSA) is 206 Å². The van der Waals surface area contributed by atoms with Crippen molar-refractivity contribution in [2.45, 2.75) is 52.6 Å². The standard InChI is InChI=1S/C20H36O11Si.C10H14O5/c1-17(2)20(24)29-15-14-28-19(23)6-5-18(22)27-13-11-25-9-10-26-12-16-31-32(3,4)30-8-7-21;1-8(2)10(13)15-7-6-14-9(12)4-3-5-11/h21H,1,5-16H2,2-4H3;5H,1,3-4,6-7H2,2H3. The van der Waals surface area contributed by atoms with Crippen molar-refractivity contribution in [1.82, 2.24) is 0 Å². The molecule has 0 aliphatic carbocycles. The Balaban J connectivity index is 0. The molecule has 0 fully saturated rings. The molecule has 0 aromatic carbocycles. The number of rotatable bonds is 27.